The van der Waals surface area contributed by atoms with Crippen LogP contribution in [0.2, 0.25) is 0 Å². The molecule has 3 rings (SSSR count). The summed E-state index contributed by atoms with van der Waals surface area (Å²) in [5.41, 5.74) is 3.37. The molecule has 0 spiro atoms. The molecule has 4 nitrogen and oxygen atoms in total. The Morgan fingerprint density at radius 1 is 1.21 bits per heavy atom. The third-order valence-corrected chi connectivity index (χ3v) is 3.85. The van der Waals surface area contributed by atoms with E-state index in [0.29, 0.717) is 6.54 Å². The molecule has 0 radical (unpaired) electrons. The molecule has 0 amide bonds. The SMILES string of the molecule is Cn1ccc(Cn2cc(-c3ccccc3I)cn2)n1. The second kappa shape index (κ2) is 5.16. The van der Waals surface area contributed by atoms with Gasteiger partial charge in [-0.1, -0.05) is 18.2 Å². The van der Waals surface area contributed by atoms with Gasteiger partial charge in [-0.05, 0) is 40.3 Å². The van der Waals surface area contributed by atoms with Crippen molar-refractivity contribution in [3.63, 3.8) is 0 Å². The third-order valence-electron chi connectivity index (χ3n) is 2.91. The lowest BCUT2D eigenvalue weighted by atomic mass is 10.1. The van der Waals surface area contributed by atoms with Crippen molar-refractivity contribution < 1.29 is 0 Å². The van der Waals surface area contributed by atoms with Gasteiger partial charge in [-0.15, -0.1) is 0 Å². The van der Waals surface area contributed by atoms with E-state index in [1.54, 1.807) is 4.68 Å². The van der Waals surface area contributed by atoms with Crippen LogP contribution in [-0.2, 0) is 13.6 Å². The lowest BCUT2D eigenvalue weighted by Gasteiger charge is -2.00. The van der Waals surface area contributed by atoms with Gasteiger partial charge in [0.1, 0.15) is 0 Å². The van der Waals surface area contributed by atoms with Gasteiger partial charge in [-0.2, -0.15) is 10.2 Å². The molecule has 0 unspecified atom stereocenters. The molecule has 0 atom stereocenters. The number of aromatic nitrogens is 4. The molecule has 2 heterocycles. The van der Waals surface area contributed by atoms with Crippen LogP contribution in [0.4, 0.5) is 0 Å². The lowest BCUT2D eigenvalue weighted by Crippen LogP contribution is -2.01. The first kappa shape index (κ1) is 12.4. The van der Waals surface area contributed by atoms with Gasteiger partial charge in [0, 0.05) is 28.6 Å². The van der Waals surface area contributed by atoms with Crippen LogP contribution >= 0.6 is 22.6 Å². The number of aryl methyl sites for hydroxylation is 1. The molecule has 0 aliphatic carbocycles. The Morgan fingerprint density at radius 2 is 2.05 bits per heavy atom. The molecular formula is C14H13IN4. The average molecular weight is 364 g/mol. The highest BCUT2D eigenvalue weighted by Crippen LogP contribution is 2.24. The van der Waals surface area contributed by atoms with Crippen molar-refractivity contribution >= 4 is 22.6 Å². The number of nitrogens with zero attached hydrogens (tertiary/aromatic N) is 4. The Morgan fingerprint density at radius 3 is 2.79 bits per heavy atom. The molecule has 19 heavy (non-hydrogen) atoms. The maximum atomic E-state index is 4.40. The maximum absolute atomic E-state index is 4.40. The third kappa shape index (κ3) is 2.70. The zero-order chi connectivity index (χ0) is 13.2. The first-order chi connectivity index (χ1) is 9.22. The minimum atomic E-state index is 0.699. The van der Waals surface area contributed by atoms with Crippen LogP contribution in [0.5, 0.6) is 0 Å². The summed E-state index contributed by atoms with van der Waals surface area (Å²) in [5.74, 6) is 0. The topological polar surface area (TPSA) is 35.6 Å². The van der Waals surface area contributed by atoms with Crippen molar-refractivity contribution in [3.05, 3.63) is 58.2 Å². The minimum Gasteiger partial charge on any atom is -0.275 e. The Kier molecular flexibility index (Phi) is 3.37. The van der Waals surface area contributed by atoms with E-state index in [0.717, 1.165) is 11.3 Å². The van der Waals surface area contributed by atoms with Crippen LogP contribution in [0.1, 0.15) is 5.69 Å². The van der Waals surface area contributed by atoms with E-state index in [-0.39, 0.29) is 0 Å². The van der Waals surface area contributed by atoms with Crippen molar-refractivity contribution in [3.8, 4) is 11.1 Å². The van der Waals surface area contributed by atoms with E-state index >= 15 is 0 Å². The standard InChI is InChI=1S/C14H13IN4/c1-18-7-6-12(17-18)10-19-9-11(8-16-19)13-4-2-3-5-14(13)15/h2-9H,10H2,1H3. The first-order valence-corrected chi connectivity index (χ1v) is 7.06. The van der Waals surface area contributed by atoms with Crippen molar-refractivity contribution in [2.24, 2.45) is 7.05 Å². The van der Waals surface area contributed by atoms with Gasteiger partial charge >= 0.3 is 0 Å². The predicted octanol–water partition coefficient (Wildman–Crippen LogP) is 2.94. The largest absolute Gasteiger partial charge is 0.275 e. The molecule has 0 N–H and O–H groups in total. The van der Waals surface area contributed by atoms with Gasteiger partial charge in [0.2, 0.25) is 0 Å². The number of halogens is 1. The summed E-state index contributed by atoms with van der Waals surface area (Å²) in [4.78, 5) is 0. The second-order valence-electron chi connectivity index (χ2n) is 4.39. The fourth-order valence-corrected chi connectivity index (χ4v) is 2.70. The molecule has 1 aromatic carbocycles. The first-order valence-electron chi connectivity index (χ1n) is 5.98. The van der Waals surface area contributed by atoms with Crippen molar-refractivity contribution in [2.45, 2.75) is 6.54 Å². The summed E-state index contributed by atoms with van der Waals surface area (Å²) in [5, 5.41) is 8.76. The van der Waals surface area contributed by atoms with Crippen LogP contribution in [-0.4, -0.2) is 19.6 Å². The van der Waals surface area contributed by atoms with Crippen LogP contribution in [0.25, 0.3) is 11.1 Å². The summed E-state index contributed by atoms with van der Waals surface area (Å²) in [6.45, 7) is 0.699. The molecule has 0 fully saturated rings. The number of hydrogen-bond acceptors (Lipinski definition) is 2. The molecule has 0 saturated carbocycles. The van der Waals surface area contributed by atoms with E-state index in [4.69, 9.17) is 0 Å². The summed E-state index contributed by atoms with van der Waals surface area (Å²) in [6.07, 6.45) is 5.91. The average Bonchev–Trinajstić information content (AvgIpc) is 3.00. The van der Waals surface area contributed by atoms with E-state index in [1.807, 2.05) is 42.3 Å². The van der Waals surface area contributed by atoms with Crippen LogP contribution in [0, 0.1) is 3.57 Å². The van der Waals surface area contributed by atoms with Gasteiger partial charge in [-0.3, -0.25) is 9.36 Å². The molecule has 0 aliphatic rings. The lowest BCUT2D eigenvalue weighted by molar-refractivity contribution is 0.650. The summed E-state index contributed by atoms with van der Waals surface area (Å²) in [6, 6.07) is 10.3. The highest BCUT2D eigenvalue weighted by Gasteiger charge is 2.06. The van der Waals surface area contributed by atoms with Crippen LogP contribution in [0.3, 0.4) is 0 Å². The van der Waals surface area contributed by atoms with Crippen LogP contribution in [0.15, 0.2) is 48.9 Å². The second-order valence-corrected chi connectivity index (χ2v) is 5.55. The smallest absolute Gasteiger partial charge is 0.0850 e. The number of rotatable bonds is 3. The summed E-state index contributed by atoms with van der Waals surface area (Å²) in [7, 11) is 1.92. The van der Waals surface area contributed by atoms with Gasteiger partial charge in [0.15, 0.2) is 0 Å². The molecule has 2 aromatic heterocycles. The van der Waals surface area contributed by atoms with Gasteiger partial charge in [0.25, 0.3) is 0 Å². The molecular weight excluding hydrogens is 351 g/mol. The van der Waals surface area contributed by atoms with E-state index < -0.39 is 0 Å². The minimum absolute atomic E-state index is 0.699. The Bertz CT molecular complexity index is 699. The Labute approximate surface area is 125 Å². The van der Waals surface area contributed by atoms with Crippen molar-refractivity contribution in [1.82, 2.24) is 19.6 Å². The zero-order valence-corrected chi connectivity index (χ0v) is 12.7. The number of benzene rings is 1. The van der Waals surface area contributed by atoms with E-state index in [2.05, 4.69) is 51.1 Å². The van der Waals surface area contributed by atoms with Crippen LogP contribution < -0.4 is 0 Å². The molecule has 0 bridgehead atoms. The van der Waals surface area contributed by atoms with Crippen molar-refractivity contribution in [1.29, 1.82) is 0 Å². The van der Waals surface area contributed by atoms with Crippen molar-refractivity contribution in [2.75, 3.05) is 0 Å². The quantitative estimate of drug-likeness (QED) is 0.670. The molecule has 3 aromatic rings. The van der Waals surface area contributed by atoms with E-state index in [9.17, 15) is 0 Å². The molecule has 96 valence electrons. The summed E-state index contributed by atoms with van der Waals surface area (Å²) >= 11 is 2.35. The normalized spacial score (nSPS) is 10.8. The Balaban J connectivity index is 1.86. The fraction of sp³-hybridized carbons (Fsp3) is 0.143. The fourth-order valence-electron chi connectivity index (χ4n) is 2.00. The highest BCUT2D eigenvalue weighted by molar-refractivity contribution is 14.1. The van der Waals surface area contributed by atoms with Gasteiger partial charge in [0.05, 0.1) is 18.4 Å². The monoisotopic (exact) mass is 364 g/mol. The predicted molar refractivity (Wildman–Crippen MR) is 82.7 cm³/mol. The van der Waals surface area contributed by atoms with Gasteiger partial charge in [-0.25, -0.2) is 0 Å². The molecule has 0 saturated heterocycles. The highest BCUT2D eigenvalue weighted by atomic mass is 127. The Hall–Kier alpha value is -1.63. The van der Waals surface area contributed by atoms with E-state index in [1.165, 1.54) is 9.13 Å². The molecule has 0 aliphatic heterocycles. The summed E-state index contributed by atoms with van der Waals surface area (Å²) < 4.78 is 4.96. The zero-order valence-electron chi connectivity index (χ0n) is 10.5. The maximum Gasteiger partial charge on any atom is 0.0850 e. The molecule has 5 heteroatoms. The van der Waals surface area contributed by atoms with Gasteiger partial charge < -0.3 is 0 Å². The number of hydrogen-bond donors (Lipinski definition) is 0.